The molecule has 0 saturated heterocycles. The molecule has 0 aliphatic rings. The minimum Gasteiger partial charge on any atom is -0.468 e. The Bertz CT molecular complexity index is 513. The van der Waals surface area contributed by atoms with Crippen molar-refractivity contribution in [3.8, 4) is 5.88 Å². The fourth-order valence-corrected chi connectivity index (χ4v) is 1.59. The van der Waals surface area contributed by atoms with Gasteiger partial charge in [0.25, 0.3) is 0 Å². The summed E-state index contributed by atoms with van der Waals surface area (Å²) in [6, 6.07) is 2.63. The third-order valence-electron chi connectivity index (χ3n) is 2.80. The van der Waals surface area contributed by atoms with Gasteiger partial charge in [0.05, 0.1) is 0 Å². The summed E-state index contributed by atoms with van der Waals surface area (Å²) in [4.78, 5) is 15.3. The molecule has 2 amide bonds. The van der Waals surface area contributed by atoms with E-state index in [0.29, 0.717) is 12.1 Å². The molecule has 130 valence electrons. The normalized spacial score (nSPS) is 11.9. The summed E-state index contributed by atoms with van der Waals surface area (Å²) in [5.41, 5.74) is 0.728. The minimum atomic E-state index is -4.41. The number of rotatable bonds is 6. The number of alkyl halides is 3. The number of ether oxygens (including phenoxy) is 1. The summed E-state index contributed by atoms with van der Waals surface area (Å²) >= 11 is 0. The zero-order valence-electron chi connectivity index (χ0n) is 13.5. The van der Waals surface area contributed by atoms with E-state index in [1.165, 1.54) is 12.3 Å². The van der Waals surface area contributed by atoms with Gasteiger partial charge in [-0.05, 0) is 23.5 Å². The first kappa shape index (κ1) is 19.1. The second-order valence-electron chi connectivity index (χ2n) is 6.33. The van der Waals surface area contributed by atoms with Crippen LogP contribution in [0, 0.1) is 5.41 Å². The zero-order chi connectivity index (χ0) is 17.5. The number of pyridine rings is 1. The lowest BCUT2D eigenvalue weighted by atomic mass is 9.92. The van der Waals surface area contributed by atoms with Gasteiger partial charge in [-0.1, -0.05) is 20.8 Å². The number of aromatic nitrogens is 1. The lowest BCUT2D eigenvalue weighted by Gasteiger charge is -2.18. The Morgan fingerprint density at radius 3 is 2.57 bits per heavy atom. The number of amides is 2. The fourth-order valence-electron chi connectivity index (χ4n) is 1.59. The van der Waals surface area contributed by atoms with Gasteiger partial charge in [-0.2, -0.15) is 13.2 Å². The lowest BCUT2D eigenvalue weighted by molar-refractivity contribution is -0.154. The number of nitrogens with one attached hydrogen (secondary N) is 2. The Morgan fingerprint density at radius 2 is 1.96 bits per heavy atom. The topological polar surface area (TPSA) is 63.2 Å². The van der Waals surface area contributed by atoms with Crippen LogP contribution in [0.3, 0.4) is 0 Å². The van der Waals surface area contributed by atoms with E-state index in [1.54, 1.807) is 6.07 Å². The standard InChI is InChI=1S/C15H22F3N3O2/c1-14(2,3)5-7-20-13(22)21-9-11-4-6-19-12(8-11)23-10-15(16,17)18/h4,6,8H,5,7,9-10H2,1-3H3,(H2,20,21,22). The van der Waals surface area contributed by atoms with Crippen LogP contribution in [0.2, 0.25) is 0 Å². The van der Waals surface area contributed by atoms with Gasteiger partial charge in [0.15, 0.2) is 6.61 Å². The molecule has 0 bridgehead atoms. The summed E-state index contributed by atoms with van der Waals surface area (Å²) in [6.07, 6.45) is -2.24. The molecule has 0 aromatic carbocycles. The highest BCUT2D eigenvalue weighted by Gasteiger charge is 2.28. The summed E-state index contributed by atoms with van der Waals surface area (Å²) in [5, 5.41) is 5.35. The molecule has 1 rings (SSSR count). The molecule has 0 atom stereocenters. The van der Waals surface area contributed by atoms with Crippen LogP contribution in [0.4, 0.5) is 18.0 Å². The third-order valence-corrected chi connectivity index (χ3v) is 2.80. The summed E-state index contributed by atoms with van der Waals surface area (Å²) in [7, 11) is 0. The van der Waals surface area contributed by atoms with Crippen LogP contribution in [0.5, 0.6) is 5.88 Å². The van der Waals surface area contributed by atoms with Crippen molar-refractivity contribution in [3.05, 3.63) is 23.9 Å². The maximum absolute atomic E-state index is 12.1. The molecule has 8 heteroatoms. The Kier molecular flexibility index (Phi) is 6.65. The molecule has 0 fully saturated rings. The predicted molar refractivity (Wildman–Crippen MR) is 80.1 cm³/mol. The van der Waals surface area contributed by atoms with E-state index in [2.05, 4.69) is 41.1 Å². The van der Waals surface area contributed by atoms with Crippen LogP contribution in [0.1, 0.15) is 32.8 Å². The maximum atomic E-state index is 12.1. The Labute approximate surface area is 133 Å². The zero-order valence-corrected chi connectivity index (χ0v) is 13.5. The van der Waals surface area contributed by atoms with Crippen LogP contribution in [-0.4, -0.2) is 30.3 Å². The van der Waals surface area contributed by atoms with Crippen LogP contribution >= 0.6 is 0 Å². The Morgan fingerprint density at radius 1 is 1.26 bits per heavy atom. The van der Waals surface area contributed by atoms with E-state index >= 15 is 0 Å². The van der Waals surface area contributed by atoms with Gasteiger partial charge < -0.3 is 15.4 Å². The summed E-state index contributed by atoms with van der Waals surface area (Å²) < 4.78 is 40.8. The van der Waals surface area contributed by atoms with Gasteiger partial charge in [0.2, 0.25) is 5.88 Å². The quantitative estimate of drug-likeness (QED) is 0.840. The second kappa shape index (κ2) is 8.03. The van der Waals surface area contributed by atoms with Gasteiger partial charge in [0.1, 0.15) is 0 Å². The molecule has 0 radical (unpaired) electrons. The molecular formula is C15H22F3N3O2. The molecule has 2 N–H and O–H groups in total. The van der Waals surface area contributed by atoms with E-state index in [1.807, 2.05) is 0 Å². The lowest BCUT2D eigenvalue weighted by Crippen LogP contribution is -2.36. The summed E-state index contributed by atoms with van der Waals surface area (Å²) in [5.74, 6) is -0.130. The Hall–Kier alpha value is -1.99. The fraction of sp³-hybridized carbons (Fsp3) is 0.600. The van der Waals surface area contributed by atoms with Crippen molar-refractivity contribution < 1.29 is 22.7 Å². The molecule has 0 saturated carbocycles. The van der Waals surface area contributed by atoms with Crippen molar-refractivity contribution in [1.82, 2.24) is 15.6 Å². The number of hydrogen-bond donors (Lipinski definition) is 2. The first-order chi connectivity index (χ1) is 10.6. The number of hydrogen-bond acceptors (Lipinski definition) is 3. The largest absolute Gasteiger partial charge is 0.468 e. The SMILES string of the molecule is CC(C)(C)CCNC(=O)NCc1ccnc(OCC(F)(F)F)c1. The first-order valence-corrected chi connectivity index (χ1v) is 7.21. The monoisotopic (exact) mass is 333 g/mol. The van der Waals surface area contributed by atoms with E-state index in [0.717, 1.165) is 6.42 Å². The molecule has 23 heavy (non-hydrogen) atoms. The molecule has 0 unspecified atom stereocenters. The average Bonchev–Trinajstić information content (AvgIpc) is 2.41. The smallest absolute Gasteiger partial charge is 0.422 e. The number of carbonyl (C=O) groups is 1. The van der Waals surface area contributed by atoms with Crippen molar-refractivity contribution in [2.75, 3.05) is 13.2 Å². The number of nitrogens with zero attached hydrogens (tertiary/aromatic N) is 1. The predicted octanol–water partition coefficient (Wildman–Crippen LogP) is 3.26. The molecule has 0 spiro atoms. The van der Waals surface area contributed by atoms with E-state index in [9.17, 15) is 18.0 Å². The molecular weight excluding hydrogens is 311 g/mol. The number of urea groups is 1. The van der Waals surface area contributed by atoms with E-state index in [-0.39, 0.29) is 23.9 Å². The van der Waals surface area contributed by atoms with E-state index < -0.39 is 12.8 Å². The van der Waals surface area contributed by atoms with Crippen LogP contribution in [0.25, 0.3) is 0 Å². The van der Waals surface area contributed by atoms with Gasteiger partial charge in [0, 0.05) is 25.4 Å². The molecule has 1 aromatic heterocycles. The molecule has 1 heterocycles. The number of halogens is 3. The van der Waals surface area contributed by atoms with Crippen LogP contribution < -0.4 is 15.4 Å². The van der Waals surface area contributed by atoms with Crippen LogP contribution in [0.15, 0.2) is 18.3 Å². The Balaban J connectivity index is 2.38. The van der Waals surface area contributed by atoms with Crippen molar-refractivity contribution >= 4 is 6.03 Å². The van der Waals surface area contributed by atoms with Crippen molar-refractivity contribution in [3.63, 3.8) is 0 Å². The highest BCUT2D eigenvalue weighted by molar-refractivity contribution is 5.73. The van der Waals surface area contributed by atoms with Gasteiger partial charge in [-0.3, -0.25) is 0 Å². The molecule has 5 nitrogen and oxygen atoms in total. The van der Waals surface area contributed by atoms with E-state index in [4.69, 9.17) is 0 Å². The average molecular weight is 333 g/mol. The minimum absolute atomic E-state index is 0.128. The van der Waals surface area contributed by atoms with Crippen molar-refractivity contribution in [2.24, 2.45) is 5.41 Å². The van der Waals surface area contributed by atoms with Crippen molar-refractivity contribution in [2.45, 2.75) is 39.9 Å². The third kappa shape index (κ3) is 9.59. The van der Waals surface area contributed by atoms with Gasteiger partial charge >= 0.3 is 12.2 Å². The van der Waals surface area contributed by atoms with Crippen molar-refractivity contribution in [1.29, 1.82) is 0 Å². The van der Waals surface area contributed by atoms with Gasteiger partial charge in [-0.15, -0.1) is 0 Å². The molecule has 0 aliphatic carbocycles. The highest BCUT2D eigenvalue weighted by atomic mass is 19.4. The number of carbonyl (C=O) groups excluding carboxylic acids is 1. The second-order valence-corrected chi connectivity index (χ2v) is 6.33. The maximum Gasteiger partial charge on any atom is 0.422 e. The highest BCUT2D eigenvalue weighted by Crippen LogP contribution is 2.18. The first-order valence-electron chi connectivity index (χ1n) is 7.21. The summed E-state index contributed by atoms with van der Waals surface area (Å²) in [6.45, 7) is 5.55. The molecule has 0 aliphatic heterocycles. The van der Waals surface area contributed by atoms with Crippen LogP contribution in [-0.2, 0) is 6.54 Å². The van der Waals surface area contributed by atoms with Gasteiger partial charge in [-0.25, -0.2) is 9.78 Å². The molecule has 1 aromatic rings.